The Balaban J connectivity index is 1.66. The number of rotatable bonds is 26. The van der Waals surface area contributed by atoms with E-state index in [-0.39, 0.29) is 66.8 Å². The van der Waals surface area contributed by atoms with Gasteiger partial charge in [-0.15, -0.1) is 10.1 Å². The summed E-state index contributed by atoms with van der Waals surface area (Å²) in [6.45, 7) is 1.73. The van der Waals surface area contributed by atoms with Crippen molar-refractivity contribution in [3.05, 3.63) is 46.0 Å². The van der Waals surface area contributed by atoms with Gasteiger partial charge in [0.05, 0.1) is 38.1 Å². The average molecular weight is 707 g/mol. The Morgan fingerprint density at radius 2 is 1.66 bits per heavy atom. The van der Waals surface area contributed by atoms with Crippen molar-refractivity contribution < 1.29 is 53.5 Å². The van der Waals surface area contributed by atoms with Crippen LogP contribution in [-0.4, -0.2) is 78.0 Å². The second kappa shape index (κ2) is 24.2. The summed E-state index contributed by atoms with van der Waals surface area (Å²) in [7, 11) is 1.34. The number of aliphatic hydroxyl groups excluding tert-OH is 2. The molecule has 14 heteroatoms. The minimum absolute atomic E-state index is 0.0362. The number of ketones is 1. The summed E-state index contributed by atoms with van der Waals surface area (Å²) in [5.74, 6) is -1.55. The van der Waals surface area contributed by atoms with E-state index in [0.717, 1.165) is 19.3 Å². The van der Waals surface area contributed by atoms with Crippen LogP contribution in [0.2, 0.25) is 0 Å². The van der Waals surface area contributed by atoms with Gasteiger partial charge in [-0.1, -0.05) is 44.8 Å². The number of unbranched alkanes of at least 4 members (excludes halogenated alkanes) is 6. The van der Waals surface area contributed by atoms with Crippen molar-refractivity contribution in [2.75, 3.05) is 26.9 Å². The molecule has 0 bridgehead atoms. The Hall–Kier alpha value is -4.04. The quantitative estimate of drug-likeness (QED) is 0.0290. The van der Waals surface area contributed by atoms with E-state index < -0.39 is 29.2 Å². The van der Waals surface area contributed by atoms with Crippen molar-refractivity contribution in [1.82, 2.24) is 5.32 Å². The first-order valence-electron chi connectivity index (χ1n) is 17.7. The number of nitrogens with zero attached hydrogens (tertiary/aromatic N) is 1. The normalized spacial score (nSPS) is 18.5. The summed E-state index contributed by atoms with van der Waals surface area (Å²) in [4.78, 5) is 63.6. The van der Waals surface area contributed by atoms with Gasteiger partial charge in [0, 0.05) is 19.3 Å². The summed E-state index contributed by atoms with van der Waals surface area (Å²) in [5.41, 5.74) is 0.151. The maximum Gasteiger partial charge on any atom is 0.338 e. The highest BCUT2D eigenvalue weighted by atomic mass is 16.9. The zero-order valence-electron chi connectivity index (χ0n) is 29.3. The number of carbonyl (C=O) groups excluding carboxylic acids is 4. The van der Waals surface area contributed by atoms with Crippen LogP contribution in [0.25, 0.3) is 0 Å². The molecule has 1 fully saturated rings. The van der Waals surface area contributed by atoms with Gasteiger partial charge < -0.3 is 34.6 Å². The number of allylic oxidation sites excluding steroid dienone is 2. The number of carbonyl (C=O) groups is 4. The monoisotopic (exact) mass is 706 g/mol. The van der Waals surface area contributed by atoms with Crippen molar-refractivity contribution in [1.29, 1.82) is 0 Å². The van der Waals surface area contributed by atoms with Crippen molar-refractivity contribution in [3.8, 4) is 11.5 Å². The van der Waals surface area contributed by atoms with Crippen LogP contribution in [0.15, 0.2) is 30.4 Å². The number of hydrogen-bond donors (Lipinski definition) is 3. The van der Waals surface area contributed by atoms with E-state index in [4.69, 9.17) is 14.2 Å². The molecule has 0 aromatic heterocycles. The lowest BCUT2D eigenvalue weighted by Gasteiger charge is -2.22. The molecule has 0 unspecified atom stereocenters. The molecule has 1 aliphatic carbocycles. The van der Waals surface area contributed by atoms with E-state index in [1.54, 1.807) is 0 Å². The summed E-state index contributed by atoms with van der Waals surface area (Å²) in [6.07, 6.45) is 12.7. The minimum atomic E-state index is -0.888. The van der Waals surface area contributed by atoms with E-state index >= 15 is 0 Å². The van der Waals surface area contributed by atoms with Gasteiger partial charge in [-0.05, 0) is 81.4 Å². The molecule has 0 radical (unpaired) electrons. The summed E-state index contributed by atoms with van der Waals surface area (Å²) in [6, 6.07) is 4.11. The molecule has 1 saturated carbocycles. The first-order chi connectivity index (χ1) is 24.0. The van der Waals surface area contributed by atoms with E-state index in [9.17, 15) is 39.5 Å². The SMILES string of the molecule is CCCCCCCC(=O)CC[C@@H]1[C@@H](CC=CCCCC(=O)NCC(=O)Oc2ccc(C(=O)OCCCCO[N+](=O)[O-])cc2OC)[C@@H](O)C[C@H]1O. The molecule has 1 amide bonds. The number of esters is 2. The predicted molar refractivity (Wildman–Crippen MR) is 183 cm³/mol. The lowest BCUT2D eigenvalue weighted by atomic mass is 9.86. The Kier molecular flexibility index (Phi) is 20.4. The van der Waals surface area contributed by atoms with Crippen LogP contribution in [0.4, 0.5) is 0 Å². The number of hydrogen-bond acceptors (Lipinski definition) is 12. The lowest BCUT2D eigenvalue weighted by molar-refractivity contribution is -0.757. The van der Waals surface area contributed by atoms with Gasteiger partial charge in [-0.2, -0.15) is 0 Å². The smallest absolute Gasteiger partial charge is 0.338 e. The standard InChI is InChI=1S/C36H54N2O12/c1-3-4-5-6-9-14-27(39)18-19-29-28(30(40)24-31(29)41)15-10-7-8-11-16-34(42)37-25-35(43)50-32-20-17-26(23-33(32)47-2)36(44)48-21-12-13-22-49-38(45)46/h7,10,17,20,23,28-31,40-41H,3-6,8-9,11-16,18-19,21-22,24-25H2,1-2H3,(H,37,42)/t28-,29-,30+,31-/m1/s1. The van der Waals surface area contributed by atoms with Crippen LogP contribution in [0.5, 0.6) is 11.5 Å². The van der Waals surface area contributed by atoms with E-state index in [2.05, 4.69) is 17.1 Å². The molecule has 280 valence electrons. The Morgan fingerprint density at radius 3 is 2.40 bits per heavy atom. The number of ether oxygens (including phenoxy) is 3. The maximum atomic E-state index is 12.4. The Morgan fingerprint density at radius 1 is 0.920 bits per heavy atom. The van der Waals surface area contributed by atoms with Crippen molar-refractivity contribution in [2.24, 2.45) is 11.8 Å². The number of methoxy groups -OCH3 is 1. The van der Waals surface area contributed by atoms with E-state index in [1.165, 1.54) is 38.2 Å². The van der Waals surface area contributed by atoms with Crippen LogP contribution in [0.1, 0.15) is 114 Å². The molecule has 0 heterocycles. The molecule has 0 aliphatic heterocycles. The number of Topliss-reactive ketones (excluding diaryl/α,β-unsaturated/α-hetero) is 1. The minimum Gasteiger partial charge on any atom is -0.493 e. The molecule has 2 rings (SSSR count). The van der Waals surface area contributed by atoms with Gasteiger partial charge in [-0.3, -0.25) is 9.59 Å². The van der Waals surface area contributed by atoms with Gasteiger partial charge in [-0.25, -0.2) is 9.59 Å². The first kappa shape index (κ1) is 42.1. The van der Waals surface area contributed by atoms with E-state index in [0.29, 0.717) is 57.8 Å². The van der Waals surface area contributed by atoms with Crippen LogP contribution < -0.4 is 14.8 Å². The zero-order chi connectivity index (χ0) is 36.7. The fourth-order valence-corrected chi connectivity index (χ4v) is 5.92. The fourth-order valence-electron chi connectivity index (χ4n) is 5.92. The molecule has 0 spiro atoms. The molecule has 3 N–H and O–H groups in total. The van der Waals surface area contributed by atoms with Crippen molar-refractivity contribution >= 4 is 23.6 Å². The predicted octanol–water partition coefficient (Wildman–Crippen LogP) is 5.05. The van der Waals surface area contributed by atoms with Crippen LogP contribution >= 0.6 is 0 Å². The second-order valence-corrected chi connectivity index (χ2v) is 12.6. The molecule has 1 aliphatic rings. The molecule has 1 aromatic carbocycles. The van der Waals surface area contributed by atoms with Crippen LogP contribution in [0, 0.1) is 22.0 Å². The molecular formula is C36H54N2O12. The highest BCUT2D eigenvalue weighted by Crippen LogP contribution is 2.38. The number of nitrogens with one attached hydrogen (secondary N) is 1. The fraction of sp³-hybridized carbons (Fsp3) is 0.667. The van der Waals surface area contributed by atoms with Gasteiger partial charge >= 0.3 is 11.9 Å². The van der Waals surface area contributed by atoms with E-state index in [1.807, 2.05) is 12.2 Å². The second-order valence-electron chi connectivity index (χ2n) is 12.6. The zero-order valence-corrected chi connectivity index (χ0v) is 29.3. The molecular weight excluding hydrogens is 652 g/mol. The third kappa shape index (κ3) is 16.6. The third-order valence-electron chi connectivity index (χ3n) is 8.71. The van der Waals surface area contributed by atoms with Gasteiger partial charge in [0.2, 0.25) is 5.91 Å². The third-order valence-corrected chi connectivity index (χ3v) is 8.71. The Labute approximate surface area is 294 Å². The summed E-state index contributed by atoms with van der Waals surface area (Å²) < 4.78 is 15.6. The lowest BCUT2D eigenvalue weighted by Crippen LogP contribution is -2.31. The van der Waals surface area contributed by atoms with Crippen molar-refractivity contribution in [3.63, 3.8) is 0 Å². The molecule has 50 heavy (non-hydrogen) atoms. The molecule has 1 aromatic rings. The van der Waals surface area contributed by atoms with Gasteiger partial charge in [0.25, 0.3) is 5.09 Å². The number of amides is 1. The average Bonchev–Trinajstić information content (AvgIpc) is 3.36. The highest BCUT2D eigenvalue weighted by molar-refractivity contribution is 5.90. The Bertz CT molecular complexity index is 1250. The highest BCUT2D eigenvalue weighted by Gasteiger charge is 2.40. The van der Waals surface area contributed by atoms with Gasteiger partial charge in [0.15, 0.2) is 11.5 Å². The van der Waals surface area contributed by atoms with Crippen molar-refractivity contribution in [2.45, 2.75) is 115 Å². The van der Waals surface area contributed by atoms with Gasteiger partial charge in [0.1, 0.15) is 12.3 Å². The summed E-state index contributed by atoms with van der Waals surface area (Å²) in [5, 5.41) is 32.8. The molecule has 14 nitrogen and oxygen atoms in total. The molecule has 0 saturated heterocycles. The van der Waals surface area contributed by atoms with Crippen LogP contribution in [0.3, 0.4) is 0 Å². The number of aliphatic hydroxyl groups is 2. The molecule has 4 atom stereocenters. The summed E-state index contributed by atoms with van der Waals surface area (Å²) >= 11 is 0. The first-order valence-corrected chi connectivity index (χ1v) is 17.7. The largest absolute Gasteiger partial charge is 0.493 e. The topological polar surface area (TPSA) is 201 Å². The maximum absolute atomic E-state index is 12.4. The van der Waals surface area contributed by atoms with Crippen LogP contribution in [-0.2, 0) is 24.0 Å². The number of benzene rings is 1.